The van der Waals surface area contributed by atoms with E-state index in [1.165, 1.54) is 11.4 Å². The molecule has 1 atom stereocenters. The smallest absolute Gasteiger partial charge is 0.270 e. The van der Waals surface area contributed by atoms with Crippen LogP contribution < -0.4 is 20.9 Å². The second-order valence-corrected chi connectivity index (χ2v) is 23.7. The Morgan fingerprint density at radius 1 is 0.630 bits per heavy atom. The Hall–Kier alpha value is -6.11. The predicted octanol–water partition coefficient (Wildman–Crippen LogP) is 7.09. The molecule has 17 nitrogen and oxygen atoms in total. The first-order chi connectivity index (χ1) is 34.9. The average Bonchev–Trinajstić information content (AvgIpc) is 3.88. The highest BCUT2D eigenvalue weighted by molar-refractivity contribution is 7.84. The maximum absolute atomic E-state index is 13.0. The number of piperazine rings is 2. The van der Waals surface area contributed by atoms with Gasteiger partial charge in [0.05, 0.1) is 10.8 Å². The molecule has 8 aliphatic rings. The summed E-state index contributed by atoms with van der Waals surface area (Å²) < 4.78 is 16.0. The molecule has 4 aromatic heterocycles. The standard InChI is InChI=1S/C27H35N7O.C15H18N4O2S.C13H21N3/c1-18(2)32-9-11-33(12-10-32)22-7-5-21(6-8-22)29-26-28-17-20-13-23(25(35)31(3)4)34(24(20)30-26)27-14-19(15-27)16-27;1-18(2)13(20)11-4-10-8-16-14(22(3)21)17-12(10)19(11)15-5-9(6-15)7-15;1-11(2)15-7-9-16(10-8-15)13-5-3-12(14)4-6-13/h5-8,13,17-19H,9-12,14-16H2,1-4H3,(H,28,29,30);4,8-9H,5-7H2,1-3H3;3-6,11H,7-10,14H2,1-2H3. The first kappa shape index (κ1) is 50.4. The number of hydrogen-bond acceptors (Lipinski definition) is 13. The number of carbonyl (C=O) groups excluding carboxylic acids is 2. The van der Waals surface area contributed by atoms with Crippen LogP contribution in [0.3, 0.4) is 0 Å². The van der Waals surface area contributed by atoms with Crippen molar-refractivity contribution >= 4 is 73.4 Å². The van der Waals surface area contributed by atoms with Crippen molar-refractivity contribution in [3.8, 4) is 0 Å². The lowest BCUT2D eigenvalue weighted by Crippen LogP contribution is -2.60. The summed E-state index contributed by atoms with van der Waals surface area (Å²) >= 11 is 0. The van der Waals surface area contributed by atoms with Gasteiger partial charge in [-0.15, -0.1) is 0 Å². The molecule has 18 heteroatoms. The summed E-state index contributed by atoms with van der Waals surface area (Å²) in [7, 11) is 5.89. The number of nitrogens with zero attached hydrogens (tertiary/aromatic N) is 12. The van der Waals surface area contributed by atoms with Gasteiger partial charge in [-0.05, 0) is 139 Å². The van der Waals surface area contributed by atoms with Gasteiger partial charge in [0.1, 0.15) is 22.7 Å². The van der Waals surface area contributed by atoms with Gasteiger partial charge in [0.25, 0.3) is 11.8 Å². The summed E-state index contributed by atoms with van der Waals surface area (Å²) in [4.78, 5) is 56.8. The van der Waals surface area contributed by atoms with Crippen LogP contribution in [0.15, 0.2) is 78.2 Å². The van der Waals surface area contributed by atoms with Crippen LogP contribution in [-0.2, 0) is 21.9 Å². The molecule has 2 aliphatic heterocycles. The van der Waals surface area contributed by atoms with E-state index in [0.717, 1.165) is 142 Å². The number of hydrogen-bond donors (Lipinski definition) is 2. The first-order valence-electron chi connectivity index (χ1n) is 26.2. The third kappa shape index (κ3) is 9.77. The monoisotopic (exact) mass is 1010 g/mol. The molecule has 0 spiro atoms. The molecule has 6 aromatic rings. The summed E-state index contributed by atoms with van der Waals surface area (Å²) in [6, 6.07) is 21.8. The minimum absolute atomic E-state index is 0.0204. The van der Waals surface area contributed by atoms with Crippen LogP contribution in [0.1, 0.15) is 87.2 Å². The number of anilines is 5. The minimum atomic E-state index is -1.23. The Kier molecular flexibility index (Phi) is 13.8. The molecule has 388 valence electrons. The van der Waals surface area contributed by atoms with E-state index >= 15 is 0 Å². The van der Waals surface area contributed by atoms with Crippen molar-refractivity contribution in [3.63, 3.8) is 0 Å². The Morgan fingerprint density at radius 2 is 1.04 bits per heavy atom. The second-order valence-electron chi connectivity index (χ2n) is 22.4. The van der Waals surface area contributed by atoms with E-state index in [1.54, 1.807) is 50.4 Å². The Balaban J connectivity index is 0.000000137. The number of nitrogen functional groups attached to an aromatic ring is 1. The molecule has 2 aromatic carbocycles. The second kappa shape index (κ2) is 20.0. The Morgan fingerprint density at radius 3 is 1.42 bits per heavy atom. The SMILES string of the molecule is CC(C)N1CCN(c2ccc(N)cc2)CC1.CC(C)N1CCN(c2ccc(Nc3ncc4cc(C(=O)N(C)C)n(C56CC(C5)C6)c4n3)cc2)CC1.CN(C)C(=O)c1cc2cnc(S(C)=O)nc2n1C12CC(C1)C2. The molecule has 6 saturated carbocycles. The summed E-state index contributed by atoms with van der Waals surface area (Å²) in [5.74, 6) is 2.15. The van der Waals surface area contributed by atoms with Crippen LogP contribution in [0.4, 0.5) is 28.7 Å². The highest BCUT2D eigenvalue weighted by atomic mass is 32.2. The number of nitrogens with one attached hydrogen (secondary N) is 1. The molecule has 14 rings (SSSR count). The maximum atomic E-state index is 13.0. The van der Waals surface area contributed by atoms with Gasteiger partial charge in [0.15, 0.2) is 0 Å². The van der Waals surface area contributed by atoms with Gasteiger partial charge in [-0.3, -0.25) is 23.6 Å². The van der Waals surface area contributed by atoms with Gasteiger partial charge in [-0.25, -0.2) is 15.0 Å². The van der Waals surface area contributed by atoms with Crippen molar-refractivity contribution < 1.29 is 13.8 Å². The van der Waals surface area contributed by atoms with Crippen molar-refractivity contribution in [2.75, 3.05) is 108 Å². The van der Waals surface area contributed by atoms with Crippen LogP contribution in [0.25, 0.3) is 22.1 Å². The molecule has 73 heavy (non-hydrogen) atoms. The molecule has 3 N–H and O–H groups in total. The van der Waals surface area contributed by atoms with Gasteiger partial charge in [-0.1, -0.05) is 0 Å². The molecule has 4 bridgehead atoms. The third-order valence-electron chi connectivity index (χ3n) is 16.4. The van der Waals surface area contributed by atoms with Gasteiger partial charge < -0.3 is 39.8 Å². The van der Waals surface area contributed by atoms with E-state index in [9.17, 15) is 13.8 Å². The number of fused-ring (bicyclic) bond motifs is 2. The van der Waals surface area contributed by atoms with Crippen molar-refractivity contribution in [1.82, 2.24) is 48.7 Å². The fourth-order valence-corrected chi connectivity index (χ4v) is 12.3. The zero-order chi connectivity index (χ0) is 51.5. The molecular formula is C55H74N14O3S. The number of rotatable bonds is 11. The molecule has 8 fully saturated rings. The van der Waals surface area contributed by atoms with E-state index in [1.807, 2.05) is 30.5 Å². The fourth-order valence-electron chi connectivity index (χ4n) is 11.9. The van der Waals surface area contributed by atoms with Crippen molar-refractivity contribution in [2.45, 2.75) is 94.5 Å². The van der Waals surface area contributed by atoms with E-state index < -0.39 is 10.8 Å². The summed E-state index contributed by atoms with van der Waals surface area (Å²) in [5, 5.41) is 5.46. The summed E-state index contributed by atoms with van der Waals surface area (Å²) in [5.41, 5.74) is 13.1. The zero-order valence-electron chi connectivity index (χ0n) is 44.2. The average molecular weight is 1010 g/mol. The number of aromatic nitrogens is 6. The van der Waals surface area contributed by atoms with E-state index in [4.69, 9.17) is 10.7 Å². The number of carbonyl (C=O) groups is 2. The van der Waals surface area contributed by atoms with Crippen LogP contribution in [0, 0.1) is 11.8 Å². The van der Waals surface area contributed by atoms with Crippen LogP contribution in [-0.4, -0.2) is 164 Å². The summed E-state index contributed by atoms with van der Waals surface area (Å²) in [6.45, 7) is 17.9. The van der Waals surface area contributed by atoms with Crippen molar-refractivity contribution in [3.05, 3.63) is 84.4 Å². The largest absolute Gasteiger partial charge is 0.399 e. The highest BCUT2D eigenvalue weighted by Gasteiger charge is 2.60. The molecule has 2 amide bonds. The molecule has 6 heterocycles. The maximum Gasteiger partial charge on any atom is 0.270 e. The van der Waals surface area contributed by atoms with Crippen molar-refractivity contribution in [2.24, 2.45) is 11.8 Å². The minimum Gasteiger partial charge on any atom is -0.399 e. The molecule has 1 unspecified atom stereocenters. The van der Waals surface area contributed by atoms with Crippen molar-refractivity contribution in [1.29, 1.82) is 0 Å². The number of amides is 2. The molecule has 0 radical (unpaired) electrons. The molecule has 2 saturated heterocycles. The number of nitrogens with two attached hydrogens (primary N) is 1. The lowest BCUT2D eigenvalue weighted by molar-refractivity contribution is -0.0871. The third-order valence-corrected chi connectivity index (χ3v) is 17.1. The Bertz CT molecular complexity index is 2970. The normalized spacial score (nSPS) is 23.5. The summed E-state index contributed by atoms with van der Waals surface area (Å²) in [6.07, 6.45) is 11.8. The van der Waals surface area contributed by atoms with E-state index in [-0.39, 0.29) is 22.9 Å². The van der Waals surface area contributed by atoms with E-state index in [2.05, 4.69) is 113 Å². The number of benzene rings is 2. The topological polar surface area (TPSA) is 170 Å². The lowest BCUT2D eigenvalue weighted by Gasteiger charge is -2.62. The lowest BCUT2D eigenvalue weighted by atomic mass is 9.49. The van der Waals surface area contributed by atoms with Crippen LogP contribution >= 0.6 is 0 Å². The Labute approximate surface area is 432 Å². The van der Waals surface area contributed by atoms with Gasteiger partial charge in [0.2, 0.25) is 11.1 Å². The van der Waals surface area contributed by atoms with Gasteiger partial charge in [0, 0.05) is 156 Å². The quantitative estimate of drug-likeness (QED) is 0.0997. The molecule has 6 aliphatic carbocycles. The predicted molar refractivity (Wildman–Crippen MR) is 292 cm³/mol. The van der Waals surface area contributed by atoms with Gasteiger partial charge in [-0.2, -0.15) is 4.98 Å². The zero-order valence-corrected chi connectivity index (χ0v) is 45.0. The van der Waals surface area contributed by atoms with Crippen LogP contribution in [0.5, 0.6) is 0 Å². The first-order valence-corrected chi connectivity index (χ1v) is 27.7. The fraction of sp³-hybridized carbons (Fsp3) is 0.527. The highest BCUT2D eigenvalue weighted by Crippen LogP contribution is 2.64. The molecular weight excluding hydrogens is 937 g/mol. The van der Waals surface area contributed by atoms with Crippen LogP contribution in [0.2, 0.25) is 0 Å². The van der Waals surface area contributed by atoms with Gasteiger partial charge >= 0.3 is 0 Å². The van der Waals surface area contributed by atoms with E-state index in [0.29, 0.717) is 28.9 Å².